The van der Waals surface area contributed by atoms with E-state index < -0.39 is 0 Å². The molecule has 0 spiro atoms. The molecular formula is C22H22ClN5O. The number of rotatable bonds is 4. The average Bonchev–Trinajstić information content (AvgIpc) is 3.31. The molecule has 6 nitrogen and oxygen atoms in total. The number of hydrogen-bond donors (Lipinski definition) is 2. The molecule has 0 radical (unpaired) electrons. The van der Waals surface area contributed by atoms with E-state index in [-0.39, 0.29) is 18.4 Å². The lowest BCUT2D eigenvalue weighted by Gasteiger charge is -2.28. The number of fused-ring (bicyclic) bond motifs is 2. The van der Waals surface area contributed by atoms with Gasteiger partial charge in [0, 0.05) is 24.4 Å². The number of halogens is 1. The van der Waals surface area contributed by atoms with E-state index in [1.54, 1.807) is 12.3 Å². The second kappa shape index (κ2) is 7.52. The fraction of sp³-hybridized carbons (Fsp3) is 0.318. The van der Waals surface area contributed by atoms with Crippen LogP contribution in [0.15, 0.2) is 48.8 Å². The number of aromatic nitrogens is 4. The summed E-state index contributed by atoms with van der Waals surface area (Å²) in [5.41, 5.74) is 3.61. The third kappa shape index (κ3) is 3.85. The number of hydrogen-bond acceptors (Lipinski definition) is 3. The predicted octanol–water partition coefficient (Wildman–Crippen LogP) is 4.25. The summed E-state index contributed by atoms with van der Waals surface area (Å²) in [6.45, 7) is 0. The summed E-state index contributed by atoms with van der Waals surface area (Å²) in [7, 11) is 0. The van der Waals surface area contributed by atoms with Crippen molar-refractivity contribution in [2.45, 2.75) is 44.1 Å². The van der Waals surface area contributed by atoms with Crippen LogP contribution in [0.4, 0.5) is 0 Å². The van der Waals surface area contributed by atoms with Gasteiger partial charge in [0.15, 0.2) is 0 Å². The number of benzene rings is 1. The highest BCUT2D eigenvalue weighted by Gasteiger charge is 2.26. The minimum Gasteiger partial charge on any atom is -0.353 e. The Morgan fingerprint density at radius 3 is 2.97 bits per heavy atom. The molecule has 1 amide bonds. The van der Waals surface area contributed by atoms with Crippen LogP contribution in [0.5, 0.6) is 0 Å². The van der Waals surface area contributed by atoms with Crippen molar-refractivity contribution in [2.24, 2.45) is 0 Å². The fourth-order valence-electron chi connectivity index (χ4n) is 4.28. The third-order valence-electron chi connectivity index (χ3n) is 5.64. The van der Waals surface area contributed by atoms with E-state index in [9.17, 15) is 4.79 Å². The van der Waals surface area contributed by atoms with E-state index in [0.717, 1.165) is 53.9 Å². The van der Waals surface area contributed by atoms with Gasteiger partial charge in [-0.2, -0.15) is 0 Å². The number of pyridine rings is 1. The third-order valence-corrected chi connectivity index (χ3v) is 5.86. The van der Waals surface area contributed by atoms with Crippen LogP contribution in [-0.4, -0.2) is 31.3 Å². The Morgan fingerprint density at radius 1 is 1.17 bits per heavy atom. The van der Waals surface area contributed by atoms with Crippen molar-refractivity contribution < 1.29 is 4.79 Å². The van der Waals surface area contributed by atoms with Crippen molar-refractivity contribution in [1.82, 2.24) is 24.7 Å². The molecule has 5 rings (SSSR count). The molecule has 1 saturated carbocycles. The molecule has 1 aliphatic rings. The molecule has 7 heteroatoms. The smallest absolute Gasteiger partial charge is 0.226 e. The molecule has 0 aliphatic heterocycles. The second-order valence-corrected chi connectivity index (χ2v) is 8.23. The SMILES string of the molecule is O=C(Cc1cn2cc(Cl)ccc2n1)NC1CCCC(c2nc3ccccc3[nH]2)C1. The Balaban J connectivity index is 1.24. The number of aromatic amines is 1. The van der Waals surface area contributed by atoms with Gasteiger partial charge in [-0.3, -0.25) is 4.79 Å². The molecule has 29 heavy (non-hydrogen) atoms. The zero-order valence-corrected chi connectivity index (χ0v) is 16.7. The standard InChI is InChI=1S/C22H22ClN5O/c23-15-8-9-20-24-17(13-28(20)12-15)11-21(29)25-16-5-3-4-14(10-16)22-26-18-6-1-2-7-19(18)27-22/h1-2,6-9,12-14,16H,3-5,10-11H2,(H,25,29)(H,26,27). The summed E-state index contributed by atoms with van der Waals surface area (Å²) in [6, 6.07) is 11.9. The first kappa shape index (κ1) is 18.2. The molecule has 0 bridgehead atoms. The summed E-state index contributed by atoms with van der Waals surface area (Å²) >= 11 is 6.02. The maximum atomic E-state index is 12.6. The molecule has 1 fully saturated rings. The molecule has 3 heterocycles. The van der Waals surface area contributed by atoms with Crippen LogP contribution in [0.3, 0.4) is 0 Å². The van der Waals surface area contributed by atoms with Gasteiger partial charge in [-0.15, -0.1) is 0 Å². The number of carbonyl (C=O) groups is 1. The molecule has 2 unspecified atom stereocenters. The van der Waals surface area contributed by atoms with Crippen molar-refractivity contribution in [2.75, 3.05) is 0 Å². The first-order chi connectivity index (χ1) is 14.1. The summed E-state index contributed by atoms with van der Waals surface area (Å²) in [6.07, 6.45) is 8.02. The quantitative estimate of drug-likeness (QED) is 0.531. The number of para-hydroxylation sites is 2. The summed E-state index contributed by atoms with van der Waals surface area (Å²) < 4.78 is 1.85. The van der Waals surface area contributed by atoms with E-state index in [1.165, 1.54) is 0 Å². The highest BCUT2D eigenvalue weighted by molar-refractivity contribution is 6.30. The number of amides is 1. The van der Waals surface area contributed by atoms with Crippen LogP contribution in [0.25, 0.3) is 16.7 Å². The fourth-order valence-corrected chi connectivity index (χ4v) is 4.45. The van der Waals surface area contributed by atoms with Crippen LogP contribution in [0.1, 0.15) is 43.1 Å². The Labute approximate surface area is 173 Å². The predicted molar refractivity (Wildman–Crippen MR) is 113 cm³/mol. The maximum absolute atomic E-state index is 12.6. The van der Waals surface area contributed by atoms with Crippen molar-refractivity contribution in [1.29, 1.82) is 0 Å². The molecule has 1 aromatic carbocycles. The van der Waals surface area contributed by atoms with Gasteiger partial charge in [-0.25, -0.2) is 9.97 Å². The van der Waals surface area contributed by atoms with E-state index >= 15 is 0 Å². The Bertz CT molecular complexity index is 1150. The summed E-state index contributed by atoms with van der Waals surface area (Å²) in [5, 5.41) is 3.84. The van der Waals surface area contributed by atoms with Gasteiger partial charge in [-0.1, -0.05) is 30.2 Å². The van der Waals surface area contributed by atoms with Crippen LogP contribution in [-0.2, 0) is 11.2 Å². The van der Waals surface area contributed by atoms with Gasteiger partial charge < -0.3 is 14.7 Å². The normalized spacial score (nSPS) is 19.6. The molecule has 0 saturated heterocycles. The second-order valence-electron chi connectivity index (χ2n) is 7.79. The topological polar surface area (TPSA) is 75.1 Å². The van der Waals surface area contributed by atoms with Crippen molar-refractivity contribution in [3.63, 3.8) is 0 Å². The van der Waals surface area contributed by atoms with Crippen LogP contribution in [0.2, 0.25) is 5.02 Å². The highest BCUT2D eigenvalue weighted by Crippen LogP contribution is 2.32. The van der Waals surface area contributed by atoms with E-state index in [2.05, 4.69) is 21.4 Å². The zero-order valence-electron chi connectivity index (χ0n) is 15.9. The average molecular weight is 408 g/mol. The summed E-state index contributed by atoms with van der Waals surface area (Å²) in [4.78, 5) is 25.3. The van der Waals surface area contributed by atoms with E-state index in [1.807, 2.05) is 34.9 Å². The Hall–Kier alpha value is -2.86. The van der Waals surface area contributed by atoms with Crippen molar-refractivity contribution in [3.05, 3.63) is 65.3 Å². The minimum atomic E-state index is 0.00904. The maximum Gasteiger partial charge on any atom is 0.226 e. The van der Waals surface area contributed by atoms with Crippen LogP contribution < -0.4 is 5.32 Å². The number of nitrogens with zero attached hydrogens (tertiary/aromatic N) is 3. The summed E-state index contributed by atoms with van der Waals surface area (Å²) in [5.74, 6) is 1.39. The first-order valence-electron chi connectivity index (χ1n) is 10.0. The minimum absolute atomic E-state index is 0.00904. The van der Waals surface area contributed by atoms with Crippen LogP contribution >= 0.6 is 11.6 Å². The van der Waals surface area contributed by atoms with Gasteiger partial charge in [0.2, 0.25) is 5.91 Å². The van der Waals surface area contributed by atoms with Gasteiger partial charge in [-0.05, 0) is 43.5 Å². The molecule has 2 N–H and O–H groups in total. The molecule has 1 aliphatic carbocycles. The molecule has 4 aromatic rings. The molecule has 148 valence electrons. The number of H-pyrrole nitrogens is 1. The lowest BCUT2D eigenvalue weighted by atomic mass is 9.85. The van der Waals surface area contributed by atoms with E-state index in [4.69, 9.17) is 16.6 Å². The lowest BCUT2D eigenvalue weighted by molar-refractivity contribution is -0.121. The Kier molecular flexibility index (Phi) is 4.72. The van der Waals surface area contributed by atoms with E-state index in [0.29, 0.717) is 10.9 Å². The van der Waals surface area contributed by atoms with Crippen molar-refractivity contribution >= 4 is 34.2 Å². The number of imidazole rings is 2. The van der Waals surface area contributed by atoms with Gasteiger partial charge in [0.05, 0.1) is 28.2 Å². The van der Waals surface area contributed by atoms with Crippen LogP contribution in [0, 0.1) is 0 Å². The zero-order chi connectivity index (χ0) is 19.8. The molecule has 3 aromatic heterocycles. The Morgan fingerprint density at radius 2 is 2.07 bits per heavy atom. The van der Waals surface area contributed by atoms with Gasteiger partial charge >= 0.3 is 0 Å². The molecular weight excluding hydrogens is 386 g/mol. The van der Waals surface area contributed by atoms with Gasteiger partial charge in [0.1, 0.15) is 11.5 Å². The highest BCUT2D eigenvalue weighted by atomic mass is 35.5. The number of nitrogens with one attached hydrogen (secondary N) is 2. The van der Waals surface area contributed by atoms with Crippen molar-refractivity contribution in [3.8, 4) is 0 Å². The lowest BCUT2D eigenvalue weighted by Crippen LogP contribution is -2.39. The largest absolute Gasteiger partial charge is 0.353 e. The number of carbonyl (C=O) groups excluding carboxylic acids is 1. The molecule has 2 atom stereocenters. The van der Waals surface area contributed by atoms with Gasteiger partial charge in [0.25, 0.3) is 0 Å². The monoisotopic (exact) mass is 407 g/mol. The first-order valence-corrected chi connectivity index (χ1v) is 10.4.